The lowest BCUT2D eigenvalue weighted by atomic mass is 9.93. The van der Waals surface area contributed by atoms with Crippen LogP contribution in [0.15, 0.2) is 48.5 Å². The third-order valence-corrected chi connectivity index (χ3v) is 8.33. The SMILES string of the molecule is COc1ccc(CC(N)C(=O)N2C[C@H](CCCCNCCN)N(C(=O)C(N)Cc3ccc(OC)cc3)C[C@H]2CC(C)C)cc1. The number of carbonyl (C=O) groups is 2. The molecule has 2 amide bonds. The standard InChI is InChI=1S/C34H54N6O4/c1-24(2)19-28-23-39(33(41)31(36)20-25-8-12-29(43-3)13-9-25)27(7-5-6-17-38-18-16-35)22-40(28)34(42)32(37)21-26-10-14-30(44-4)15-11-26/h8-15,24,27-28,31-32,38H,5-7,16-23,35-37H2,1-4H3/t27-,28+,31?,32?/m0/s1. The zero-order valence-corrected chi connectivity index (χ0v) is 27.0. The summed E-state index contributed by atoms with van der Waals surface area (Å²) in [6.45, 7) is 7.42. The first-order valence-electron chi connectivity index (χ1n) is 16.0. The highest BCUT2D eigenvalue weighted by atomic mass is 16.5. The van der Waals surface area contributed by atoms with Crippen molar-refractivity contribution in [2.24, 2.45) is 23.1 Å². The summed E-state index contributed by atoms with van der Waals surface area (Å²) in [5.74, 6) is 1.71. The van der Waals surface area contributed by atoms with Crippen molar-refractivity contribution < 1.29 is 19.1 Å². The van der Waals surface area contributed by atoms with E-state index in [4.69, 9.17) is 26.7 Å². The molecular formula is C34H54N6O4. The molecule has 2 unspecified atom stereocenters. The minimum Gasteiger partial charge on any atom is -0.497 e. The number of hydrogen-bond acceptors (Lipinski definition) is 8. The van der Waals surface area contributed by atoms with Crippen molar-refractivity contribution in [1.29, 1.82) is 0 Å². The van der Waals surface area contributed by atoms with Gasteiger partial charge in [-0.2, -0.15) is 0 Å². The summed E-state index contributed by atoms with van der Waals surface area (Å²) >= 11 is 0. The zero-order chi connectivity index (χ0) is 32.1. The molecule has 0 aromatic heterocycles. The van der Waals surface area contributed by atoms with Crippen LogP contribution in [-0.4, -0.2) is 92.7 Å². The Morgan fingerprint density at radius 2 is 1.27 bits per heavy atom. The topological polar surface area (TPSA) is 149 Å². The highest BCUT2D eigenvalue weighted by Gasteiger charge is 2.40. The monoisotopic (exact) mass is 610 g/mol. The second-order valence-electron chi connectivity index (χ2n) is 12.3. The summed E-state index contributed by atoms with van der Waals surface area (Å²) in [5.41, 5.74) is 20.7. The average Bonchev–Trinajstić information content (AvgIpc) is 3.02. The maximum absolute atomic E-state index is 14.0. The van der Waals surface area contributed by atoms with Crippen LogP contribution in [0, 0.1) is 5.92 Å². The molecular weight excluding hydrogens is 556 g/mol. The number of carbonyl (C=O) groups excluding carboxylic acids is 2. The van der Waals surface area contributed by atoms with Gasteiger partial charge in [0.05, 0.1) is 26.3 Å². The lowest BCUT2D eigenvalue weighted by Crippen LogP contribution is -2.65. The van der Waals surface area contributed by atoms with E-state index in [1.165, 1.54) is 0 Å². The summed E-state index contributed by atoms with van der Waals surface area (Å²) in [5, 5.41) is 3.34. The highest BCUT2D eigenvalue weighted by molar-refractivity contribution is 5.85. The third-order valence-electron chi connectivity index (χ3n) is 8.33. The molecule has 1 heterocycles. The summed E-state index contributed by atoms with van der Waals surface area (Å²) in [6, 6.07) is 13.7. The summed E-state index contributed by atoms with van der Waals surface area (Å²) < 4.78 is 10.5. The average molecular weight is 611 g/mol. The second-order valence-corrected chi connectivity index (χ2v) is 12.3. The molecule has 1 aliphatic rings. The van der Waals surface area contributed by atoms with Crippen molar-refractivity contribution in [1.82, 2.24) is 15.1 Å². The Kier molecular flexibility index (Phi) is 14.4. The molecule has 1 fully saturated rings. The lowest BCUT2D eigenvalue weighted by molar-refractivity contribution is -0.149. The maximum Gasteiger partial charge on any atom is 0.240 e. The first kappa shape index (κ1) is 35.3. The number of methoxy groups -OCH3 is 2. The number of nitrogens with two attached hydrogens (primary N) is 3. The minimum absolute atomic E-state index is 0.0734. The van der Waals surface area contributed by atoms with E-state index in [0.717, 1.165) is 61.4 Å². The van der Waals surface area contributed by atoms with Gasteiger partial charge in [-0.1, -0.05) is 44.5 Å². The quantitative estimate of drug-likeness (QED) is 0.200. The Bertz CT molecular complexity index is 1140. The molecule has 4 atom stereocenters. The van der Waals surface area contributed by atoms with Gasteiger partial charge in [0.1, 0.15) is 11.5 Å². The number of unbranched alkanes of at least 4 members (excludes halogenated alkanes) is 1. The van der Waals surface area contributed by atoms with Gasteiger partial charge < -0.3 is 41.8 Å². The second kappa shape index (κ2) is 17.9. The fourth-order valence-corrected chi connectivity index (χ4v) is 5.97. The predicted molar refractivity (Wildman–Crippen MR) is 176 cm³/mol. The van der Waals surface area contributed by atoms with E-state index in [9.17, 15) is 9.59 Å². The van der Waals surface area contributed by atoms with Crippen molar-refractivity contribution in [2.75, 3.05) is 46.9 Å². The molecule has 10 heteroatoms. The summed E-state index contributed by atoms with van der Waals surface area (Å²) in [4.78, 5) is 31.8. The van der Waals surface area contributed by atoms with E-state index >= 15 is 0 Å². The number of hydrogen-bond donors (Lipinski definition) is 4. The Balaban J connectivity index is 1.78. The van der Waals surface area contributed by atoms with E-state index in [1.807, 2.05) is 58.3 Å². The largest absolute Gasteiger partial charge is 0.497 e. The number of ether oxygens (including phenoxy) is 2. The van der Waals surface area contributed by atoms with Crippen LogP contribution in [0.5, 0.6) is 11.5 Å². The molecule has 1 aliphatic heterocycles. The Morgan fingerprint density at radius 1 is 0.795 bits per heavy atom. The van der Waals surface area contributed by atoms with Gasteiger partial charge in [0.2, 0.25) is 11.8 Å². The van der Waals surface area contributed by atoms with E-state index in [2.05, 4.69) is 19.2 Å². The number of rotatable bonds is 17. The Hall–Kier alpha value is -3.18. The Morgan fingerprint density at radius 3 is 1.73 bits per heavy atom. The van der Waals surface area contributed by atoms with Crippen LogP contribution in [0.1, 0.15) is 50.7 Å². The van der Waals surface area contributed by atoms with Gasteiger partial charge in [-0.05, 0) is 80.0 Å². The summed E-state index contributed by atoms with van der Waals surface area (Å²) in [7, 11) is 3.26. The van der Waals surface area contributed by atoms with Crippen LogP contribution in [0.4, 0.5) is 0 Å². The smallest absolute Gasteiger partial charge is 0.240 e. The molecule has 0 aliphatic carbocycles. The van der Waals surface area contributed by atoms with Crippen LogP contribution in [0.2, 0.25) is 0 Å². The summed E-state index contributed by atoms with van der Waals surface area (Å²) in [6.07, 6.45) is 4.27. The zero-order valence-electron chi connectivity index (χ0n) is 27.0. The van der Waals surface area contributed by atoms with Gasteiger partial charge >= 0.3 is 0 Å². The maximum atomic E-state index is 14.0. The van der Waals surface area contributed by atoms with E-state index < -0.39 is 12.1 Å². The van der Waals surface area contributed by atoms with Crippen molar-refractivity contribution in [2.45, 2.75) is 76.5 Å². The molecule has 0 spiro atoms. The van der Waals surface area contributed by atoms with Gasteiger partial charge in [-0.15, -0.1) is 0 Å². The van der Waals surface area contributed by atoms with Gasteiger partial charge in [0.25, 0.3) is 0 Å². The molecule has 1 saturated heterocycles. The number of benzene rings is 2. The van der Waals surface area contributed by atoms with Gasteiger partial charge in [0, 0.05) is 38.3 Å². The van der Waals surface area contributed by atoms with Gasteiger partial charge in [-0.25, -0.2) is 0 Å². The number of nitrogens with zero attached hydrogens (tertiary/aromatic N) is 2. The van der Waals surface area contributed by atoms with Gasteiger partial charge in [0.15, 0.2) is 0 Å². The van der Waals surface area contributed by atoms with Gasteiger partial charge in [-0.3, -0.25) is 9.59 Å². The highest BCUT2D eigenvalue weighted by Crippen LogP contribution is 2.26. The molecule has 0 radical (unpaired) electrons. The fourth-order valence-electron chi connectivity index (χ4n) is 5.97. The molecule has 44 heavy (non-hydrogen) atoms. The number of amides is 2. The van der Waals surface area contributed by atoms with E-state index in [1.54, 1.807) is 14.2 Å². The molecule has 0 bridgehead atoms. The van der Waals surface area contributed by atoms with Crippen molar-refractivity contribution in [3.8, 4) is 11.5 Å². The van der Waals surface area contributed by atoms with Crippen LogP contribution in [-0.2, 0) is 22.4 Å². The van der Waals surface area contributed by atoms with Crippen molar-refractivity contribution in [3.63, 3.8) is 0 Å². The molecule has 10 nitrogen and oxygen atoms in total. The number of piperazine rings is 1. The first-order valence-corrected chi connectivity index (χ1v) is 16.0. The molecule has 0 saturated carbocycles. The fraction of sp³-hybridized carbons (Fsp3) is 0.588. The normalized spacial score (nSPS) is 18.3. The van der Waals surface area contributed by atoms with Crippen LogP contribution in [0.25, 0.3) is 0 Å². The van der Waals surface area contributed by atoms with Crippen LogP contribution >= 0.6 is 0 Å². The molecule has 2 aromatic carbocycles. The number of nitrogens with one attached hydrogen (secondary N) is 1. The molecule has 2 aromatic rings. The lowest BCUT2D eigenvalue weighted by Gasteiger charge is -2.48. The van der Waals surface area contributed by atoms with E-state index in [0.29, 0.717) is 38.4 Å². The first-order chi connectivity index (χ1) is 21.2. The third kappa shape index (κ3) is 10.5. The van der Waals surface area contributed by atoms with Crippen LogP contribution < -0.4 is 32.0 Å². The molecule has 244 valence electrons. The van der Waals surface area contributed by atoms with Crippen molar-refractivity contribution >= 4 is 11.8 Å². The molecule has 3 rings (SSSR count). The van der Waals surface area contributed by atoms with Crippen LogP contribution in [0.3, 0.4) is 0 Å². The van der Waals surface area contributed by atoms with Crippen molar-refractivity contribution in [3.05, 3.63) is 59.7 Å². The minimum atomic E-state index is -0.684. The Labute approximate surface area is 263 Å². The predicted octanol–water partition coefficient (Wildman–Crippen LogP) is 2.32. The molecule has 7 N–H and O–H groups in total. The van der Waals surface area contributed by atoms with E-state index in [-0.39, 0.29) is 23.9 Å².